The van der Waals surface area contributed by atoms with Crippen molar-refractivity contribution >= 4 is 6.29 Å². The molecule has 0 saturated heterocycles. The molecule has 0 radical (unpaired) electrons. The third kappa shape index (κ3) is 1.80. The lowest BCUT2D eigenvalue weighted by molar-refractivity contribution is 0.110. The molecule has 6 nitrogen and oxygen atoms in total. The molecule has 3 aromatic rings. The van der Waals surface area contributed by atoms with E-state index in [1.54, 1.807) is 16.8 Å². The first-order valence-corrected chi connectivity index (χ1v) is 5.25. The minimum Gasteiger partial charge on any atom is -0.453 e. The van der Waals surface area contributed by atoms with E-state index >= 15 is 0 Å². The first-order chi connectivity index (χ1) is 8.86. The number of aromatic nitrogens is 4. The van der Waals surface area contributed by atoms with Crippen LogP contribution in [0.4, 0.5) is 0 Å². The molecule has 0 atom stereocenters. The number of benzene rings is 1. The fraction of sp³-hybridized carbons (Fsp3) is 0. The van der Waals surface area contributed by atoms with Crippen LogP contribution in [0.1, 0.15) is 10.6 Å². The van der Waals surface area contributed by atoms with Gasteiger partial charge >= 0.3 is 0 Å². The molecule has 0 spiro atoms. The van der Waals surface area contributed by atoms with Crippen LogP contribution in [0.2, 0.25) is 0 Å². The van der Waals surface area contributed by atoms with Gasteiger partial charge in [0.15, 0.2) is 12.0 Å². The third-order valence-electron chi connectivity index (χ3n) is 2.51. The quantitative estimate of drug-likeness (QED) is 0.652. The summed E-state index contributed by atoms with van der Waals surface area (Å²) in [5, 5.41) is 10.9. The lowest BCUT2D eigenvalue weighted by Crippen LogP contribution is -1.94. The second-order valence-electron chi connectivity index (χ2n) is 3.62. The molecular weight excluding hydrogens is 232 g/mol. The number of carbonyl (C=O) groups excluding carboxylic acids is 1. The van der Waals surface area contributed by atoms with Crippen LogP contribution < -0.4 is 0 Å². The lowest BCUT2D eigenvalue weighted by atomic mass is 10.1. The van der Waals surface area contributed by atoms with Gasteiger partial charge in [-0.15, -0.1) is 5.10 Å². The molecule has 0 aliphatic heterocycles. The number of tetrazole rings is 1. The molecule has 2 aromatic heterocycles. The van der Waals surface area contributed by atoms with Crippen molar-refractivity contribution in [2.24, 2.45) is 0 Å². The minimum atomic E-state index is 0.314. The summed E-state index contributed by atoms with van der Waals surface area (Å²) in [5.41, 5.74) is 1.74. The summed E-state index contributed by atoms with van der Waals surface area (Å²) in [6.45, 7) is 0. The van der Waals surface area contributed by atoms with E-state index in [4.69, 9.17) is 4.42 Å². The van der Waals surface area contributed by atoms with E-state index in [0.717, 1.165) is 11.3 Å². The molecule has 0 amide bonds. The predicted molar refractivity (Wildman–Crippen MR) is 62.2 cm³/mol. The smallest absolute Gasteiger partial charge is 0.185 e. The molecule has 18 heavy (non-hydrogen) atoms. The van der Waals surface area contributed by atoms with Crippen LogP contribution in [0.3, 0.4) is 0 Å². The van der Waals surface area contributed by atoms with E-state index in [0.29, 0.717) is 17.8 Å². The predicted octanol–water partition coefficient (Wildman–Crippen LogP) is 1.73. The van der Waals surface area contributed by atoms with E-state index in [-0.39, 0.29) is 0 Å². The molecule has 2 heterocycles. The zero-order valence-corrected chi connectivity index (χ0v) is 9.22. The molecule has 0 unspecified atom stereocenters. The van der Waals surface area contributed by atoms with Crippen LogP contribution in [0.15, 0.2) is 47.1 Å². The number of furan rings is 1. The van der Waals surface area contributed by atoms with Crippen LogP contribution in [0, 0.1) is 0 Å². The van der Waals surface area contributed by atoms with Gasteiger partial charge in [-0.1, -0.05) is 0 Å². The van der Waals surface area contributed by atoms with Crippen molar-refractivity contribution in [3.05, 3.63) is 48.5 Å². The molecular formula is C12H8N4O2. The monoisotopic (exact) mass is 240 g/mol. The standard InChI is InChI=1S/C12H8N4O2/c17-7-11-5-6-12(18-11)9-1-3-10(4-2-9)16-8-13-14-15-16/h1-8H. The molecule has 88 valence electrons. The van der Waals surface area contributed by atoms with Gasteiger partial charge in [-0.05, 0) is 46.8 Å². The van der Waals surface area contributed by atoms with Crippen LogP contribution >= 0.6 is 0 Å². The van der Waals surface area contributed by atoms with Gasteiger partial charge < -0.3 is 4.42 Å². The van der Waals surface area contributed by atoms with Crippen molar-refractivity contribution in [2.45, 2.75) is 0 Å². The molecule has 0 saturated carbocycles. The van der Waals surface area contributed by atoms with Gasteiger partial charge in [-0.2, -0.15) is 0 Å². The van der Waals surface area contributed by atoms with E-state index < -0.39 is 0 Å². The van der Waals surface area contributed by atoms with E-state index in [9.17, 15) is 4.79 Å². The normalized spacial score (nSPS) is 10.4. The van der Waals surface area contributed by atoms with Crippen LogP contribution in [-0.4, -0.2) is 26.5 Å². The third-order valence-corrected chi connectivity index (χ3v) is 2.51. The molecule has 0 aliphatic carbocycles. The highest BCUT2D eigenvalue weighted by Gasteiger charge is 2.04. The van der Waals surface area contributed by atoms with Gasteiger partial charge in [-0.3, -0.25) is 4.79 Å². The van der Waals surface area contributed by atoms with Gasteiger partial charge in [0, 0.05) is 5.56 Å². The maximum atomic E-state index is 10.5. The van der Waals surface area contributed by atoms with Gasteiger partial charge in [-0.25, -0.2) is 4.68 Å². The average Bonchev–Trinajstić information content (AvgIpc) is 3.10. The summed E-state index contributed by atoms with van der Waals surface area (Å²) < 4.78 is 6.89. The van der Waals surface area contributed by atoms with Gasteiger partial charge in [0.2, 0.25) is 0 Å². The zero-order chi connectivity index (χ0) is 12.4. The Balaban J connectivity index is 1.93. The molecule has 3 rings (SSSR count). The van der Waals surface area contributed by atoms with Gasteiger partial charge in [0.25, 0.3) is 0 Å². The number of hydrogen-bond donors (Lipinski definition) is 0. The van der Waals surface area contributed by atoms with Crippen LogP contribution in [-0.2, 0) is 0 Å². The Hall–Kier alpha value is -2.76. The molecule has 0 N–H and O–H groups in total. The number of hydrogen-bond acceptors (Lipinski definition) is 5. The summed E-state index contributed by atoms with van der Waals surface area (Å²) >= 11 is 0. The van der Waals surface area contributed by atoms with Crippen LogP contribution in [0.25, 0.3) is 17.0 Å². The summed E-state index contributed by atoms with van der Waals surface area (Å²) in [5.74, 6) is 0.968. The van der Waals surface area contributed by atoms with Crippen molar-refractivity contribution < 1.29 is 9.21 Å². The summed E-state index contributed by atoms with van der Waals surface area (Å²) in [4.78, 5) is 10.5. The van der Waals surface area contributed by atoms with Gasteiger partial charge in [0.1, 0.15) is 12.1 Å². The Morgan fingerprint density at radius 2 is 1.94 bits per heavy atom. The molecule has 0 aliphatic rings. The Kier molecular flexibility index (Phi) is 2.45. The maximum Gasteiger partial charge on any atom is 0.185 e. The summed E-state index contributed by atoms with van der Waals surface area (Å²) in [6.07, 6.45) is 2.20. The Labute approximate surface area is 102 Å². The average molecular weight is 240 g/mol. The number of nitrogens with zero attached hydrogens (tertiary/aromatic N) is 4. The Morgan fingerprint density at radius 3 is 2.56 bits per heavy atom. The SMILES string of the molecule is O=Cc1ccc(-c2ccc(-n3cnnn3)cc2)o1. The number of carbonyl (C=O) groups is 1. The van der Waals surface area contributed by atoms with Crippen molar-refractivity contribution in [2.75, 3.05) is 0 Å². The Bertz CT molecular complexity index is 656. The highest BCUT2D eigenvalue weighted by Crippen LogP contribution is 2.22. The fourth-order valence-electron chi connectivity index (χ4n) is 1.63. The zero-order valence-electron chi connectivity index (χ0n) is 9.22. The van der Waals surface area contributed by atoms with Crippen molar-refractivity contribution in [3.8, 4) is 17.0 Å². The Morgan fingerprint density at radius 1 is 1.11 bits per heavy atom. The van der Waals surface area contributed by atoms with Crippen molar-refractivity contribution in [3.63, 3.8) is 0 Å². The van der Waals surface area contributed by atoms with Gasteiger partial charge in [0.05, 0.1) is 5.69 Å². The van der Waals surface area contributed by atoms with Crippen LogP contribution in [0.5, 0.6) is 0 Å². The van der Waals surface area contributed by atoms with E-state index in [1.165, 1.54) is 6.33 Å². The largest absolute Gasteiger partial charge is 0.453 e. The molecule has 1 aromatic carbocycles. The number of rotatable bonds is 3. The maximum absolute atomic E-state index is 10.5. The summed E-state index contributed by atoms with van der Waals surface area (Å²) in [6, 6.07) is 10.9. The lowest BCUT2D eigenvalue weighted by Gasteiger charge is -2.00. The van der Waals surface area contributed by atoms with E-state index in [1.807, 2.05) is 24.3 Å². The number of aldehydes is 1. The molecule has 0 fully saturated rings. The second-order valence-corrected chi connectivity index (χ2v) is 3.62. The molecule has 6 heteroatoms. The minimum absolute atomic E-state index is 0.314. The first-order valence-electron chi connectivity index (χ1n) is 5.25. The summed E-state index contributed by atoms with van der Waals surface area (Å²) in [7, 11) is 0. The highest BCUT2D eigenvalue weighted by atomic mass is 16.3. The first kappa shape index (κ1) is 10.4. The molecule has 0 bridgehead atoms. The van der Waals surface area contributed by atoms with Crippen molar-refractivity contribution in [1.29, 1.82) is 0 Å². The fourth-order valence-corrected chi connectivity index (χ4v) is 1.63. The second kappa shape index (κ2) is 4.25. The highest BCUT2D eigenvalue weighted by molar-refractivity contribution is 5.72. The van der Waals surface area contributed by atoms with Crippen molar-refractivity contribution in [1.82, 2.24) is 20.2 Å². The van der Waals surface area contributed by atoms with E-state index in [2.05, 4.69) is 15.5 Å². The topological polar surface area (TPSA) is 73.8 Å².